The van der Waals surface area contributed by atoms with Crippen LogP contribution in [0.5, 0.6) is 0 Å². The van der Waals surface area contributed by atoms with Crippen LogP contribution < -0.4 is 5.73 Å². The molecular formula is C14H17N3O. The van der Waals surface area contributed by atoms with Crippen molar-refractivity contribution in [3.8, 4) is 0 Å². The van der Waals surface area contributed by atoms with E-state index >= 15 is 0 Å². The highest BCUT2D eigenvalue weighted by atomic mass is 16.1. The van der Waals surface area contributed by atoms with Crippen LogP contribution in [0, 0.1) is 0 Å². The number of nitrogens with two attached hydrogens (primary N) is 1. The lowest BCUT2D eigenvalue weighted by atomic mass is 10.1. The van der Waals surface area contributed by atoms with Crippen LogP contribution in [-0.2, 0) is 6.42 Å². The molecule has 1 heterocycles. The second-order valence-corrected chi connectivity index (χ2v) is 4.41. The summed E-state index contributed by atoms with van der Waals surface area (Å²) in [5.74, 6) is -0.523. The van der Waals surface area contributed by atoms with Crippen LogP contribution in [0.25, 0.3) is 10.9 Å². The van der Waals surface area contributed by atoms with Gasteiger partial charge in [0.1, 0.15) is 0 Å². The molecule has 0 spiro atoms. The predicted octanol–water partition coefficient (Wildman–Crippen LogP) is 2.46. The van der Waals surface area contributed by atoms with Crippen molar-refractivity contribution in [2.75, 3.05) is 0 Å². The lowest BCUT2D eigenvalue weighted by molar-refractivity contribution is 0.0991. The molecule has 94 valence electrons. The quantitative estimate of drug-likeness (QED) is 0.820. The molecule has 0 aliphatic carbocycles. The van der Waals surface area contributed by atoms with E-state index in [1.807, 2.05) is 6.07 Å². The van der Waals surface area contributed by atoms with Gasteiger partial charge in [-0.1, -0.05) is 25.8 Å². The van der Waals surface area contributed by atoms with E-state index in [-0.39, 0.29) is 5.82 Å². The van der Waals surface area contributed by atoms with E-state index in [0.29, 0.717) is 0 Å². The summed E-state index contributed by atoms with van der Waals surface area (Å²) >= 11 is 0. The number of fused-ring (bicyclic) bond motifs is 1. The van der Waals surface area contributed by atoms with Gasteiger partial charge in [-0.2, -0.15) is 0 Å². The molecule has 2 N–H and O–H groups in total. The molecular weight excluding hydrogens is 226 g/mol. The molecule has 0 aliphatic heterocycles. The molecule has 0 radical (unpaired) electrons. The molecule has 2 rings (SSSR count). The first-order valence-corrected chi connectivity index (χ1v) is 6.26. The Hall–Kier alpha value is -1.97. The predicted molar refractivity (Wildman–Crippen MR) is 71.3 cm³/mol. The van der Waals surface area contributed by atoms with Crippen LogP contribution in [-0.4, -0.2) is 15.9 Å². The maximum absolute atomic E-state index is 11.0. The highest BCUT2D eigenvalue weighted by molar-refractivity contribution is 5.91. The van der Waals surface area contributed by atoms with Gasteiger partial charge in [0, 0.05) is 11.6 Å². The zero-order chi connectivity index (χ0) is 13.0. The standard InChI is InChI=1S/C14H17N3O/c1-2-3-4-5-10-6-7-12-11(8-10)9-16-14(17-12)13(15)18/h6-9H,2-5H2,1H3,(H2,15,18). The molecule has 0 atom stereocenters. The van der Waals surface area contributed by atoms with E-state index in [9.17, 15) is 4.79 Å². The van der Waals surface area contributed by atoms with Gasteiger partial charge in [-0.3, -0.25) is 4.79 Å². The molecule has 0 saturated carbocycles. The van der Waals surface area contributed by atoms with Crippen LogP contribution >= 0.6 is 0 Å². The Labute approximate surface area is 106 Å². The van der Waals surface area contributed by atoms with Gasteiger partial charge in [0.05, 0.1) is 5.52 Å². The SMILES string of the molecule is CCCCCc1ccc2nc(C(N)=O)ncc2c1. The summed E-state index contributed by atoms with van der Waals surface area (Å²) < 4.78 is 0. The maximum Gasteiger partial charge on any atom is 0.286 e. The van der Waals surface area contributed by atoms with Crippen LogP contribution in [0.2, 0.25) is 0 Å². The van der Waals surface area contributed by atoms with E-state index in [0.717, 1.165) is 17.3 Å². The molecule has 1 aromatic heterocycles. The second-order valence-electron chi connectivity index (χ2n) is 4.41. The van der Waals surface area contributed by atoms with Crippen molar-refractivity contribution in [2.24, 2.45) is 5.73 Å². The average Bonchev–Trinajstić information content (AvgIpc) is 2.38. The van der Waals surface area contributed by atoms with E-state index in [4.69, 9.17) is 5.73 Å². The second kappa shape index (κ2) is 5.58. The average molecular weight is 243 g/mol. The summed E-state index contributed by atoms with van der Waals surface area (Å²) in [5.41, 5.74) is 7.20. The number of nitrogens with zero attached hydrogens (tertiary/aromatic N) is 2. The summed E-state index contributed by atoms with van der Waals surface area (Å²) in [6.07, 6.45) is 6.39. The van der Waals surface area contributed by atoms with Crippen molar-refractivity contribution < 1.29 is 4.79 Å². The monoisotopic (exact) mass is 243 g/mol. The van der Waals surface area contributed by atoms with Crippen molar-refractivity contribution in [1.29, 1.82) is 0 Å². The maximum atomic E-state index is 11.0. The minimum Gasteiger partial charge on any atom is -0.363 e. The van der Waals surface area contributed by atoms with Crippen molar-refractivity contribution in [1.82, 2.24) is 9.97 Å². The fourth-order valence-corrected chi connectivity index (χ4v) is 1.94. The van der Waals surface area contributed by atoms with Crippen molar-refractivity contribution in [2.45, 2.75) is 32.6 Å². The normalized spacial score (nSPS) is 10.7. The molecule has 0 aliphatic rings. The van der Waals surface area contributed by atoms with Crippen molar-refractivity contribution >= 4 is 16.8 Å². The Balaban J connectivity index is 2.24. The minimum absolute atomic E-state index is 0.0706. The molecule has 0 unspecified atom stereocenters. The fourth-order valence-electron chi connectivity index (χ4n) is 1.94. The number of amides is 1. The Morgan fingerprint density at radius 3 is 2.89 bits per heavy atom. The van der Waals surface area contributed by atoms with E-state index < -0.39 is 5.91 Å². The zero-order valence-electron chi connectivity index (χ0n) is 10.5. The zero-order valence-corrected chi connectivity index (χ0v) is 10.5. The van der Waals surface area contributed by atoms with Crippen LogP contribution in [0.15, 0.2) is 24.4 Å². The molecule has 1 amide bonds. The van der Waals surface area contributed by atoms with E-state index in [2.05, 4.69) is 29.0 Å². The number of benzene rings is 1. The van der Waals surface area contributed by atoms with Gasteiger partial charge in [0.15, 0.2) is 0 Å². The Bertz CT molecular complexity index is 566. The lowest BCUT2D eigenvalue weighted by Crippen LogP contribution is -2.14. The molecule has 0 bridgehead atoms. The first-order valence-electron chi connectivity index (χ1n) is 6.26. The molecule has 18 heavy (non-hydrogen) atoms. The van der Waals surface area contributed by atoms with Gasteiger partial charge in [-0.15, -0.1) is 0 Å². The van der Waals surface area contributed by atoms with Gasteiger partial charge in [0.25, 0.3) is 5.91 Å². The number of carbonyl (C=O) groups excluding carboxylic acids is 1. The first kappa shape index (κ1) is 12.5. The number of rotatable bonds is 5. The third kappa shape index (κ3) is 2.83. The number of aromatic nitrogens is 2. The van der Waals surface area contributed by atoms with Gasteiger partial charge in [0.2, 0.25) is 5.82 Å². The molecule has 2 aromatic rings. The fraction of sp³-hybridized carbons (Fsp3) is 0.357. The summed E-state index contributed by atoms with van der Waals surface area (Å²) in [6, 6.07) is 6.05. The lowest BCUT2D eigenvalue weighted by Gasteiger charge is -2.03. The number of primary amides is 1. The molecule has 4 nitrogen and oxygen atoms in total. The highest BCUT2D eigenvalue weighted by Crippen LogP contribution is 2.15. The Morgan fingerprint density at radius 1 is 1.33 bits per heavy atom. The van der Waals surface area contributed by atoms with Crippen LogP contribution in [0.1, 0.15) is 42.4 Å². The van der Waals surface area contributed by atoms with Gasteiger partial charge in [-0.05, 0) is 30.5 Å². The number of aryl methyl sites for hydroxylation is 1. The molecule has 1 aromatic carbocycles. The Morgan fingerprint density at radius 2 is 2.17 bits per heavy atom. The summed E-state index contributed by atoms with van der Waals surface area (Å²) in [4.78, 5) is 19.1. The number of carbonyl (C=O) groups is 1. The highest BCUT2D eigenvalue weighted by Gasteiger charge is 2.05. The van der Waals surface area contributed by atoms with Crippen molar-refractivity contribution in [3.63, 3.8) is 0 Å². The van der Waals surface area contributed by atoms with Crippen LogP contribution in [0.4, 0.5) is 0 Å². The van der Waals surface area contributed by atoms with E-state index in [1.54, 1.807) is 6.20 Å². The van der Waals surface area contributed by atoms with Gasteiger partial charge in [-0.25, -0.2) is 9.97 Å². The van der Waals surface area contributed by atoms with Gasteiger partial charge < -0.3 is 5.73 Å². The number of hydrogen-bond donors (Lipinski definition) is 1. The Kier molecular flexibility index (Phi) is 3.87. The number of unbranched alkanes of at least 4 members (excludes halogenated alkanes) is 2. The third-order valence-electron chi connectivity index (χ3n) is 2.93. The molecule has 0 saturated heterocycles. The minimum atomic E-state index is -0.594. The third-order valence-corrected chi connectivity index (χ3v) is 2.93. The summed E-state index contributed by atoms with van der Waals surface area (Å²) in [7, 11) is 0. The summed E-state index contributed by atoms with van der Waals surface area (Å²) in [6.45, 7) is 2.19. The molecule has 0 fully saturated rings. The van der Waals surface area contributed by atoms with Crippen LogP contribution in [0.3, 0.4) is 0 Å². The van der Waals surface area contributed by atoms with E-state index in [1.165, 1.54) is 24.8 Å². The molecule has 4 heteroatoms. The first-order chi connectivity index (χ1) is 8.70. The van der Waals surface area contributed by atoms with Crippen molar-refractivity contribution in [3.05, 3.63) is 35.8 Å². The van der Waals surface area contributed by atoms with Gasteiger partial charge >= 0.3 is 0 Å². The number of hydrogen-bond acceptors (Lipinski definition) is 3. The summed E-state index contributed by atoms with van der Waals surface area (Å²) in [5, 5.41) is 0.953. The largest absolute Gasteiger partial charge is 0.363 e. The topological polar surface area (TPSA) is 68.9 Å². The smallest absolute Gasteiger partial charge is 0.286 e.